The molecule has 0 atom stereocenters. The minimum atomic E-state index is -4.36. The van der Waals surface area contributed by atoms with E-state index in [1.807, 2.05) is 0 Å². The highest BCUT2D eigenvalue weighted by atomic mass is 35.5. The molecule has 0 aliphatic rings. The van der Waals surface area contributed by atoms with Crippen LogP contribution < -0.4 is 5.32 Å². The molecule has 0 amide bonds. The molecule has 19 heavy (non-hydrogen) atoms. The van der Waals surface area contributed by atoms with Gasteiger partial charge in [0.05, 0.1) is 10.6 Å². The van der Waals surface area contributed by atoms with Crippen molar-refractivity contribution in [1.29, 1.82) is 0 Å². The first kappa shape index (κ1) is 13.7. The first-order valence-electron chi connectivity index (χ1n) is 5.25. The van der Waals surface area contributed by atoms with Gasteiger partial charge in [-0.25, -0.2) is 4.39 Å². The molecule has 0 saturated carbocycles. The summed E-state index contributed by atoms with van der Waals surface area (Å²) in [6.45, 7) is 0. The van der Waals surface area contributed by atoms with Crippen molar-refractivity contribution in [3.8, 4) is 0 Å². The Hall–Kier alpha value is -1.75. The van der Waals surface area contributed by atoms with Crippen molar-refractivity contribution in [3.63, 3.8) is 0 Å². The SMILES string of the molecule is Fc1ccc(Nc2ccc(C(F)(F)F)cc2)cc1Cl. The van der Waals surface area contributed by atoms with Gasteiger partial charge in [0.15, 0.2) is 0 Å². The van der Waals surface area contributed by atoms with Crippen LogP contribution in [0.2, 0.25) is 5.02 Å². The van der Waals surface area contributed by atoms with Crippen LogP contribution in [0.1, 0.15) is 5.56 Å². The molecule has 0 spiro atoms. The summed E-state index contributed by atoms with van der Waals surface area (Å²) in [4.78, 5) is 0. The predicted molar refractivity (Wildman–Crippen MR) is 66.1 cm³/mol. The van der Waals surface area contributed by atoms with Crippen LogP contribution in [0.5, 0.6) is 0 Å². The fraction of sp³-hybridized carbons (Fsp3) is 0.0769. The minimum Gasteiger partial charge on any atom is -0.355 e. The zero-order valence-corrected chi connectivity index (χ0v) is 10.2. The van der Waals surface area contributed by atoms with E-state index in [4.69, 9.17) is 11.6 Å². The Morgan fingerprint density at radius 1 is 0.895 bits per heavy atom. The van der Waals surface area contributed by atoms with Gasteiger partial charge >= 0.3 is 6.18 Å². The van der Waals surface area contributed by atoms with Gasteiger partial charge in [-0.2, -0.15) is 13.2 Å². The number of nitrogens with one attached hydrogen (secondary N) is 1. The largest absolute Gasteiger partial charge is 0.416 e. The molecule has 1 N–H and O–H groups in total. The van der Waals surface area contributed by atoms with E-state index in [0.29, 0.717) is 11.4 Å². The molecular formula is C13H8ClF4N. The number of halogens is 5. The first-order valence-corrected chi connectivity index (χ1v) is 5.63. The maximum atomic E-state index is 12.9. The van der Waals surface area contributed by atoms with Gasteiger partial charge in [0, 0.05) is 11.4 Å². The van der Waals surface area contributed by atoms with Gasteiger partial charge in [0.2, 0.25) is 0 Å². The number of hydrogen-bond donors (Lipinski definition) is 1. The van der Waals surface area contributed by atoms with Crippen molar-refractivity contribution < 1.29 is 17.6 Å². The molecule has 2 aromatic rings. The summed E-state index contributed by atoms with van der Waals surface area (Å²) in [5, 5.41) is 2.77. The molecular weight excluding hydrogens is 282 g/mol. The van der Waals surface area contributed by atoms with Crippen molar-refractivity contribution in [3.05, 3.63) is 58.9 Å². The maximum absolute atomic E-state index is 12.9. The lowest BCUT2D eigenvalue weighted by Crippen LogP contribution is -2.04. The molecule has 0 aromatic heterocycles. The van der Waals surface area contributed by atoms with Gasteiger partial charge in [0.1, 0.15) is 5.82 Å². The minimum absolute atomic E-state index is 0.0584. The summed E-state index contributed by atoms with van der Waals surface area (Å²) >= 11 is 5.60. The number of anilines is 2. The molecule has 6 heteroatoms. The van der Waals surface area contributed by atoms with Crippen LogP contribution in [0.3, 0.4) is 0 Å². The van der Waals surface area contributed by atoms with Crippen LogP contribution in [-0.2, 0) is 6.18 Å². The lowest BCUT2D eigenvalue weighted by Gasteiger charge is -2.10. The molecule has 100 valence electrons. The Labute approximate surface area is 111 Å². The van der Waals surface area contributed by atoms with Crippen LogP contribution in [0.15, 0.2) is 42.5 Å². The molecule has 2 aromatic carbocycles. The number of alkyl halides is 3. The molecule has 1 nitrogen and oxygen atoms in total. The molecule has 0 unspecified atom stereocenters. The average molecular weight is 290 g/mol. The quantitative estimate of drug-likeness (QED) is 0.745. The van der Waals surface area contributed by atoms with Crippen LogP contribution >= 0.6 is 11.6 Å². The van der Waals surface area contributed by atoms with Crippen molar-refractivity contribution in [1.82, 2.24) is 0 Å². The number of hydrogen-bond acceptors (Lipinski definition) is 1. The molecule has 0 heterocycles. The van der Waals surface area contributed by atoms with Gasteiger partial charge < -0.3 is 5.32 Å². The van der Waals surface area contributed by atoms with Crippen LogP contribution in [0.4, 0.5) is 28.9 Å². The second-order valence-electron chi connectivity index (χ2n) is 3.83. The normalized spacial score (nSPS) is 11.4. The van der Waals surface area contributed by atoms with Gasteiger partial charge in [-0.1, -0.05) is 11.6 Å². The van der Waals surface area contributed by atoms with Gasteiger partial charge in [-0.05, 0) is 42.5 Å². The first-order chi connectivity index (χ1) is 8.86. The number of benzene rings is 2. The van der Waals surface area contributed by atoms with Crippen molar-refractivity contribution in [2.75, 3.05) is 5.32 Å². The third-order valence-corrected chi connectivity index (χ3v) is 2.71. The summed E-state index contributed by atoms with van der Waals surface area (Å²) < 4.78 is 50.0. The van der Waals surface area contributed by atoms with Crippen molar-refractivity contribution >= 4 is 23.0 Å². The lowest BCUT2D eigenvalue weighted by atomic mass is 10.2. The summed E-state index contributed by atoms with van der Waals surface area (Å²) in [6.07, 6.45) is -4.36. The second-order valence-corrected chi connectivity index (χ2v) is 4.24. The fourth-order valence-electron chi connectivity index (χ4n) is 1.48. The smallest absolute Gasteiger partial charge is 0.355 e. The van der Waals surface area contributed by atoms with Crippen LogP contribution in [0.25, 0.3) is 0 Å². The Kier molecular flexibility index (Phi) is 3.66. The Morgan fingerprint density at radius 2 is 1.47 bits per heavy atom. The van der Waals surface area contributed by atoms with Gasteiger partial charge in [0.25, 0.3) is 0 Å². The predicted octanol–water partition coefficient (Wildman–Crippen LogP) is 5.24. The summed E-state index contributed by atoms with van der Waals surface area (Å²) in [6, 6.07) is 8.49. The molecule has 2 rings (SSSR count). The third-order valence-electron chi connectivity index (χ3n) is 2.42. The van der Waals surface area contributed by atoms with E-state index in [1.54, 1.807) is 0 Å². The average Bonchev–Trinajstić information content (AvgIpc) is 2.33. The standard InChI is InChI=1S/C13H8ClF4N/c14-11-7-10(5-6-12(11)15)19-9-3-1-8(2-4-9)13(16,17)18/h1-7,19H. The molecule has 0 radical (unpaired) electrons. The Morgan fingerprint density at radius 3 is 2.00 bits per heavy atom. The second kappa shape index (κ2) is 5.09. The third kappa shape index (κ3) is 3.38. The van der Waals surface area contributed by atoms with Crippen LogP contribution in [-0.4, -0.2) is 0 Å². The highest BCUT2D eigenvalue weighted by molar-refractivity contribution is 6.31. The number of rotatable bonds is 2. The highest BCUT2D eigenvalue weighted by Gasteiger charge is 2.29. The van der Waals surface area contributed by atoms with Crippen molar-refractivity contribution in [2.24, 2.45) is 0 Å². The maximum Gasteiger partial charge on any atom is 0.416 e. The van der Waals surface area contributed by atoms with E-state index >= 15 is 0 Å². The zero-order chi connectivity index (χ0) is 14.0. The van der Waals surface area contributed by atoms with E-state index in [9.17, 15) is 17.6 Å². The van der Waals surface area contributed by atoms with Gasteiger partial charge in [-0.3, -0.25) is 0 Å². The van der Waals surface area contributed by atoms with Crippen LogP contribution in [0, 0.1) is 5.82 Å². The van der Waals surface area contributed by atoms with E-state index in [-0.39, 0.29) is 5.02 Å². The summed E-state index contributed by atoms with van der Waals surface area (Å²) in [5.41, 5.74) is 0.219. The highest BCUT2D eigenvalue weighted by Crippen LogP contribution is 2.30. The Balaban J connectivity index is 2.17. The van der Waals surface area contributed by atoms with Crippen molar-refractivity contribution in [2.45, 2.75) is 6.18 Å². The summed E-state index contributed by atoms with van der Waals surface area (Å²) in [5.74, 6) is -0.556. The van der Waals surface area contributed by atoms with E-state index < -0.39 is 17.6 Å². The van der Waals surface area contributed by atoms with Gasteiger partial charge in [-0.15, -0.1) is 0 Å². The van der Waals surface area contributed by atoms with E-state index in [2.05, 4.69) is 5.32 Å². The Bertz CT molecular complexity index is 578. The van der Waals surface area contributed by atoms with E-state index in [1.165, 1.54) is 30.3 Å². The zero-order valence-electron chi connectivity index (χ0n) is 9.43. The molecule has 0 saturated heterocycles. The molecule has 0 aliphatic heterocycles. The molecule has 0 fully saturated rings. The monoisotopic (exact) mass is 289 g/mol. The summed E-state index contributed by atoms with van der Waals surface area (Å²) in [7, 11) is 0. The lowest BCUT2D eigenvalue weighted by molar-refractivity contribution is -0.137. The molecule has 0 aliphatic carbocycles. The fourth-order valence-corrected chi connectivity index (χ4v) is 1.66. The topological polar surface area (TPSA) is 12.0 Å². The van der Waals surface area contributed by atoms with E-state index in [0.717, 1.165) is 12.1 Å². The molecule has 0 bridgehead atoms.